The summed E-state index contributed by atoms with van der Waals surface area (Å²) in [6.07, 6.45) is 0. The van der Waals surface area contributed by atoms with Gasteiger partial charge in [-0.15, -0.1) is 0 Å². The summed E-state index contributed by atoms with van der Waals surface area (Å²) in [4.78, 5) is 0. The van der Waals surface area contributed by atoms with Crippen LogP contribution >= 0.6 is 9.20 Å². The molecule has 0 aliphatic rings. The van der Waals surface area contributed by atoms with Gasteiger partial charge < -0.3 is 0 Å². The first kappa shape index (κ1) is 8.86. The molecule has 0 spiro atoms. The van der Waals surface area contributed by atoms with E-state index in [1.165, 1.54) is 0 Å². The second-order valence-corrected chi connectivity index (χ2v) is 0.214. The fourth-order valence-electron chi connectivity index (χ4n) is 0. The average Bonchev–Trinajstić information content (AvgIpc) is 0.918. The fourth-order valence-corrected chi connectivity index (χ4v) is 0. The van der Waals surface area contributed by atoms with Gasteiger partial charge in [0.05, 0.1) is 0 Å². The summed E-state index contributed by atoms with van der Waals surface area (Å²) in [6.45, 7) is 0. The molecule has 0 unspecified atom stereocenters. The van der Waals surface area contributed by atoms with Crippen molar-refractivity contribution < 1.29 is 8.39 Å². The quantitative estimate of drug-likeness (QED) is 0.296. The van der Waals surface area contributed by atoms with Gasteiger partial charge in [0.25, 0.3) is 9.20 Å². The molecule has 0 rings (SSSR count). The predicted octanol–water partition coefficient (Wildman–Crippen LogP) is 0.785. The van der Waals surface area contributed by atoms with E-state index in [2.05, 4.69) is 0 Å². The zero-order valence-corrected chi connectivity index (χ0v) is 2.26. The third-order valence-electron chi connectivity index (χ3n) is 0. The molecule has 22 valence electrons. The summed E-state index contributed by atoms with van der Waals surface area (Å²) in [7, 11) is -1.92. The predicted molar refractivity (Wildman–Crippen MR) is 17.7 cm³/mol. The van der Waals surface area contributed by atoms with Crippen LogP contribution in [0.25, 0.3) is 0 Å². The molecule has 0 N–H and O–H groups in total. The summed E-state index contributed by atoms with van der Waals surface area (Å²) in [5, 5.41) is 0. The average molecular weight is 77.9 g/mol. The van der Waals surface area contributed by atoms with Gasteiger partial charge in [0.15, 0.2) is 0 Å². The van der Waals surface area contributed by atoms with Crippen LogP contribution in [-0.4, -0.2) is 18.9 Å². The molecule has 0 radical (unpaired) electrons. The van der Waals surface area contributed by atoms with Crippen LogP contribution in [0.3, 0.4) is 0 Å². The van der Waals surface area contributed by atoms with E-state index in [1.54, 1.807) is 0 Å². The Bertz CT molecular complexity index is 6.00. The van der Waals surface area contributed by atoms with Gasteiger partial charge in [-0.2, -0.15) is 8.39 Å². The van der Waals surface area contributed by atoms with E-state index >= 15 is 0 Å². The van der Waals surface area contributed by atoms with Crippen molar-refractivity contribution in [2.75, 3.05) is 0 Å². The Labute approximate surface area is 37.2 Å². The van der Waals surface area contributed by atoms with Crippen molar-refractivity contribution in [1.82, 2.24) is 0 Å². The van der Waals surface area contributed by atoms with Gasteiger partial charge in [-0.1, -0.05) is 0 Å². The van der Waals surface area contributed by atoms with Crippen LogP contribution in [0.1, 0.15) is 0 Å². The second-order valence-electron chi connectivity index (χ2n) is 0.0714. The number of halogens is 2. The molecule has 0 nitrogen and oxygen atoms in total. The van der Waals surface area contributed by atoms with E-state index in [9.17, 15) is 8.39 Å². The van der Waals surface area contributed by atoms with Crippen molar-refractivity contribution in [3.05, 3.63) is 0 Å². The Hall–Kier alpha value is 0.887. The monoisotopic (exact) mass is 78.0 g/mol. The summed E-state index contributed by atoms with van der Waals surface area (Å²) in [5.41, 5.74) is 0. The van der Waals surface area contributed by atoms with Gasteiger partial charge in [-0.25, -0.2) is 0 Å². The zero-order chi connectivity index (χ0) is 2.71. The topological polar surface area (TPSA) is 0 Å². The van der Waals surface area contributed by atoms with Crippen LogP contribution in [0.2, 0.25) is 0 Å². The van der Waals surface area contributed by atoms with Gasteiger partial charge in [0.2, 0.25) is 0 Å². The van der Waals surface area contributed by atoms with Crippen LogP contribution < -0.4 is 0 Å². The summed E-state index contributed by atoms with van der Waals surface area (Å²) in [5.74, 6) is 0. The fraction of sp³-hybridized carbons (Fsp3) is 0. The van der Waals surface area contributed by atoms with Gasteiger partial charge in [0.1, 0.15) is 0 Å². The minimum absolute atomic E-state index is 0. The molecule has 0 saturated heterocycles. The SMILES string of the molecule is FPF.[LiH]. The van der Waals surface area contributed by atoms with Crippen molar-refractivity contribution in [2.45, 2.75) is 0 Å². The molecule has 4 heavy (non-hydrogen) atoms. The van der Waals surface area contributed by atoms with Crippen LogP contribution in [0.5, 0.6) is 0 Å². The van der Waals surface area contributed by atoms with Crippen molar-refractivity contribution in [1.29, 1.82) is 0 Å². The maximum atomic E-state index is 9.65. The Morgan fingerprint density at radius 1 is 1.25 bits per heavy atom. The molecule has 0 bridgehead atoms. The molecule has 0 aromatic rings. The third kappa shape index (κ3) is 13.1. The normalized spacial score (nSPS) is 4.50. The molecule has 0 fully saturated rings. The first-order valence-electron chi connectivity index (χ1n) is 0.378. The van der Waals surface area contributed by atoms with Crippen LogP contribution in [0.15, 0.2) is 0 Å². The van der Waals surface area contributed by atoms with Crippen LogP contribution in [-0.2, 0) is 0 Å². The van der Waals surface area contributed by atoms with Gasteiger partial charge >= 0.3 is 18.9 Å². The van der Waals surface area contributed by atoms with E-state index in [0.717, 1.165) is 0 Å². The minimum atomic E-state index is -1.92. The summed E-state index contributed by atoms with van der Waals surface area (Å²) >= 11 is 0. The van der Waals surface area contributed by atoms with E-state index in [-0.39, 0.29) is 18.9 Å². The first-order valence-corrected chi connectivity index (χ1v) is 1.13. The molecule has 0 aliphatic carbocycles. The standard InChI is InChI=1S/F2HP.Li.H/c1-3-2;;/h3H;;. The molecule has 0 saturated carbocycles. The number of hydrogen-bond acceptors (Lipinski definition) is 0. The van der Waals surface area contributed by atoms with Crippen molar-refractivity contribution in [2.24, 2.45) is 0 Å². The molecule has 0 amide bonds. The van der Waals surface area contributed by atoms with Gasteiger partial charge in [-0.05, 0) is 0 Å². The molecule has 0 aromatic carbocycles. The van der Waals surface area contributed by atoms with Gasteiger partial charge in [-0.3, -0.25) is 0 Å². The molecule has 0 atom stereocenters. The number of hydrogen-bond donors (Lipinski definition) is 0. The molecular weight excluding hydrogens is 75.9 g/mol. The van der Waals surface area contributed by atoms with Gasteiger partial charge in [0, 0.05) is 0 Å². The molecule has 0 heterocycles. The van der Waals surface area contributed by atoms with Crippen molar-refractivity contribution in [3.63, 3.8) is 0 Å². The van der Waals surface area contributed by atoms with E-state index < -0.39 is 9.20 Å². The Kier molecular flexibility index (Phi) is 20.1. The Morgan fingerprint density at radius 2 is 1.25 bits per heavy atom. The van der Waals surface area contributed by atoms with E-state index in [4.69, 9.17) is 0 Å². The molecule has 0 aromatic heterocycles. The Balaban J connectivity index is 0. The van der Waals surface area contributed by atoms with Crippen molar-refractivity contribution in [3.8, 4) is 0 Å². The maximum absolute atomic E-state index is 9.65. The van der Waals surface area contributed by atoms with E-state index in [1.807, 2.05) is 0 Å². The summed E-state index contributed by atoms with van der Waals surface area (Å²) < 4.78 is 19.3. The van der Waals surface area contributed by atoms with E-state index in [0.29, 0.717) is 0 Å². The van der Waals surface area contributed by atoms with Crippen LogP contribution in [0, 0.1) is 0 Å². The molecular formula is H2F2LiP. The number of rotatable bonds is 0. The summed E-state index contributed by atoms with van der Waals surface area (Å²) in [6, 6.07) is 0. The van der Waals surface area contributed by atoms with Crippen LogP contribution in [0.4, 0.5) is 8.39 Å². The van der Waals surface area contributed by atoms with Crippen molar-refractivity contribution >= 4 is 28.1 Å². The zero-order valence-electron chi connectivity index (χ0n) is 1.26. The molecule has 4 heteroatoms. The Morgan fingerprint density at radius 3 is 1.25 bits per heavy atom. The first-order chi connectivity index (χ1) is 1.41. The third-order valence-corrected chi connectivity index (χ3v) is 0. The molecule has 0 aliphatic heterocycles. The second kappa shape index (κ2) is 9.10.